The van der Waals surface area contributed by atoms with Crippen molar-refractivity contribution in [3.05, 3.63) is 101 Å². The van der Waals surface area contributed by atoms with Crippen LogP contribution in [-0.4, -0.2) is 17.2 Å². The normalized spacial score (nSPS) is 10.8. The Kier molecular flexibility index (Phi) is 6.51. The van der Waals surface area contributed by atoms with Gasteiger partial charge in [-0.15, -0.1) is 0 Å². The quantitative estimate of drug-likeness (QED) is 0.370. The summed E-state index contributed by atoms with van der Waals surface area (Å²) >= 11 is 0. The van der Waals surface area contributed by atoms with E-state index in [0.717, 1.165) is 27.9 Å². The smallest absolute Gasteiger partial charge is 0.411 e. The van der Waals surface area contributed by atoms with Crippen molar-refractivity contribution in [2.24, 2.45) is 0 Å². The van der Waals surface area contributed by atoms with Crippen LogP contribution in [0, 0.1) is 0 Å². The molecule has 32 heavy (non-hydrogen) atoms. The molecule has 4 rings (SSSR count). The molecule has 0 spiro atoms. The average Bonchev–Trinajstić information content (AvgIpc) is 3.19. The summed E-state index contributed by atoms with van der Waals surface area (Å²) in [5.41, 5.74) is 4.11. The van der Waals surface area contributed by atoms with Gasteiger partial charge >= 0.3 is 12.1 Å². The number of aliphatic carboxylic acids is 1. The number of benzene rings is 3. The Morgan fingerprint density at radius 1 is 0.906 bits per heavy atom. The third-order valence-corrected chi connectivity index (χ3v) is 5.09. The maximum absolute atomic E-state index is 12.3. The minimum Gasteiger partial charge on any atom is -0.481 e. The number of para-hydroxylation sites is 1. The van der Waals surface area contributed by atoms with Gasteiger partial charge in [0.15, 0.2) is 0 Å². The number of aryl methyl sites for hydroxylation is 1. The van der Waals surface area contributed by atoms with Gasteiger partial charge in [-0.1, -0.05) is 54.6 Å². The molecule has 1 amide bonds. The van der Waals surface area contributed by atoms with E-state index >= 15 is 0 Å². The molecule has 0 radical (unpaired) electrons. The molecule has 0 atom stereocenters. The van der Waals surface area contributed by atoms with Gasteiger partial charge in [-0.2, -0.15) is 0 Å². The standard InChI is InChI=1S/C26H23NO5/c28-25(29)13-11-20-8-4-5-9-23(20)27-26(30)31-17-19-10-12-24-21(14-19)16-22(32-24)15-18-6-2-1-3-7-18/h1-10,12,14,16H,11,13,15,17H2,(H,27,30)(H,28,29). The van der Waals surface area contributed by atoms with Gasteiger partial charge in [0.25, 0.3) is 0 Å². The largest absolute Gasteiger partial charge is 0.481 e. The second-order valence-corrected chi connectivity index (χ2v) is 7.50. The van der Waals surface area contributed by atoms with E-state index in [1.165, 1.54) is 5.56 Å². The van der Waals surface area contributed by atoms with Crippen LogP contribution in [0.15, 0.2) is 83.3 Å². The monoisotopic (exact) mass is 429 g/mol. The van der Waals surface area contributed by atoms with Crippen molar-refractivity contribution < 1.29 is 23.8 Å². The summed E-state index contributed by atoms with van der Waals surface area (Å²) < 4.78 is 11.3. The third kappa shape index (κ3) is 5.55. The second-order valence-electron chi connectivity index (χ2n) is 7.50. The molecule has 0 unspecified atom stereocenters. The van der Waals surface area contributed by atoms with Gasteiger partial charge in [0.05, 0.1) is 0 Å². The van der Waals surface area contributed by atoms with Crippen LogP contribution in [-0.2, 0) is 29.0 Å². The number of carbonyl (C=O) groups excluding carboxylic acids is 1. The summed E-state index contributed by atoms with van der Waals surface area (Å²) in [4.78, 5) is 23.1. The first-order valence-corrected chi connectivity index (χ1v) is 10.4. The molecule has 0 bridgehead atoms. The maximum Gasteiger partial charge on any atom is 0.411 e. The number of hydrogen-bond donors (Lipinski definition) is 2. The molecule has 0 aliphatic carbocycles. The highest BCUT2D eigenvalue weighted by Crippen LogP contribution is 2.23. The summed E-state index contributed by atoms with van der Waals surface area (Å²) in [5.74, 6) is -0.0103. The number of rotatable bonds is 8. The number of carbonyl (C=O) groups is 2. The van der Waals surface area contributed by atoms with Crippen LogP contribution in [0.2, 0.25) is 0 Å². The van der Waals surface area contributed by atoms with Crippen LogP contribution >= 0.6 is 0 Å². The fourth-order valence-corrected chi connectivity index (χ4v) is 3.52. The molecule has 0 fully saturated rings. The van der Waals surface area contributed by atoms with Crippen molar-refractivity contribution in [1.29, 1.82) is 0 Å². The maximum atomic E-state index is 12.3. The number of carboxylic acids is 1. The molecular weight excluding hydrogens is 406 g/mol. The Bertz CT molecular complexity index is 1230. The van der Waals surface area contributed by atoms with Gasteiger partial charge in [0.2, 0.25) is 0 Å². The van der Waals surface area contributed by atoms with Crippen molar-refractivity contribution in [1.82, 2.24) is 0 Å². The van der Waals surface area contributed by atoms with Crippen molar-refractivity contribution in [2.45, 2.75) is 25.9 Å². The van der Waals surface area contributed by atoms with E-state index in [4.69, 9.17) is 14.3 Å². The molecule has 6 heteroatoms. The number of ether oxygens (including phenoxy) is 1. The topological polar surface area (TPSA) is 88.8 Å². The second kappa shape index (κ2) is 9.83. The SMILES string of the molecule is O=C(O)CCc1ccccc1NC(=O)OCc1ccc2oc(Cc3ccccc3)cc2c1. The van der Waals surface area contributed by atoms with Crippen molar-refractivity contribution in [3.63, 3.8) is 0 Å². The molecule has 2 N–H and O–H groups in total. The number of furan rings is 1. The lowest BCUT2D eigenvalue weighted by Gasteiger charge is -2.11. The number of fused-ring (bicyclic) bond motifs is 1. The van der Waals surface area contributed by atoms with E-state index in [1.54, 1.807) is 24.3 Å². The summed E-state index contributed by atoms with van der Waals surface area (Å²) in [6.07, 6.45) is 0.439. The summed E-state index contributed by atoms with van der Waals surface area (Å²) in [6, 6.07) is 24.9. The molecule has 0 saturated heterocycles. The van der Waals surface area contributed by atoms with E-state index in [2.05, 4.69) is 17.4 Å². The van der Waals surface area contributed by atoms with Gasteiger partial charge in [-0.25, -0.2) is 4.79 Å². The third-order valence-electron chi connectivity index (χ3n) is 5.09. The molecule has 0 aliphatic heterocycles. The molecular formula is C26H23NO5. The summed E-state index contributed by atoms with van der Waals surface area (Å²) in [5, 5.41) is 12.5. The summed E-state index contributed by atoms with van der Waals surface area (Å²) in [6.45, 7) is 0.109. The molecule has 3 aromatic carbocycles. The predicted molar refractivity (Wildman–Crippen MR) is 122 cm³/mol. The van der Waals surface area contributed by atoms with Crippen LogP contribution in [0.5, 0.6) is 0 Å². The molecule has 6 nitrogen and oxygen atoms in total. The van der Waals surface area contributed by atoms with E-state index in [-0.39, 0.29) is 13.0 Å². The van der Waals surface area contributed by atoms with E-state index < -0.39 is 12.1 Å². The number of nitrogens with one attached hydrogen (secondary N) is 1. The van der Waals surface area contributed by atoms with E-state index in [1.807, 2.05) is 42.5 Å². The molecule has 0 aliphatic rings. The number of amides is 1. The van der Waals surface area contributed by atoms with Crippen LogP contribution in [0.1, 0.15) is 28.9 Å². The minimum absolute atomic E-state index is 0.00921. The summed E-state index contributed by atoms with van der Waals surface area (Å²) in [7, 11) is 0. The van der Waals surface area contributed by atoms with Gasteiger partial charge in [0, 0.05) is 23.9 Å². The van der Waals surface area contributed by atoms with Gasteiger partial charge in [-0.05, 0) is 47.4 Å². The van der Waals surface area contributed by atoms with Crippen LogP contribution in [0.25, 0.3) is 11.0 Å². The Labute approximate surface area is 185 Å². The van der Waals surface area contributed by atoms with Crippen molar-refractivity contribution >= 4 is 28.7 Å². The molecule has 1 heterocycles. The minimum atomic E-state index is -0.885. The van der Waals surface area contributed by atoms with Crippen LogP contribution in [0.3, 0.4) is 0 Å². The predicted octanol–water partition coefficient (Wildman–Crippen LogP) is 5.79. The zero-order chi connectivity index (χ0) is 22.3. The molecule has 1 aromatic heterocycles. The lowest BCUT2D eigenvalue weighted by Crippen LogP contribution is -2.15. The highest BCUT2D eigenvalue weighted by molar-refractivity contribution is 5.86. The zero-order valence-corrected chi connectivity index (χ0v) is 17.4. The number of hydrogen-bond acceptors (Lipinski definition) is 4. The Morgan fingerprint density at radius 2 is 1.69 bits per heavy atom. The van der Waals surface area contributed by atoms with E-state index in [9.17, 15) is 9.59 Å². The fraction of sp³-hybridized carbons (Fsp3) is 0.154. The van der Waals surface area contributed by atoms with Gasteiger partial charge in [0.1, 0.15) is 18.0 Å². The highest BCUT2D eigenvalue weighted by atomic mass is 16.5. The van der Waals surface area contributed by atoms with E-state index in [0.29, 0.717) is 18.5 Å². The molecule has 0 saturated carbocycles. The first kappa shape index (κ1) is 21.2. The number of anilines is 1. The Hall–Kier alpha value is -4.06. The lowest BCUT2D eigenvalue weighted by molar-refractivity contribution is -0.136. The highest BCUT2D eigenvalue weighted by Gasteiger charge is 2.10. The molecule has 162 valence electrons. The van der Waals surface area contributed by atoms with Crippen molar-refractivity contribution in [3.8, 4) is 0 Å². The zero-order valence-electron chi connectivity index (χ0n) is 17.4. The van der Waals surface area contributed by atoms with Crippen LogP contribution < -0.4 is 5.32 Å². The fourth-order valence-electron chi connectivity index (χ4n) is 3.52. The Morgan fingerprint density at radius 3 is 2.50 bits per heavy atom. The number of carboxylic acid groups (broad SMARTS) is 1. The Balaban J connectivity index is 1.37. The van der Waals surface area contributed by atoms with Gasteiger partial charge < -0.3 is 14.3 Å². The first-order chi connectivity index (χ1) is 15.6. The lowest BCUT2D eigenvalue weighted by atomic mass is 10.1. The first-order valence-electron chi connectivity index (χ1n) is 10.4. The van der Waals surface area contributed by atoms with Crippen LogP contribution in [0.4, 0.5) is 10.5 Å². The average molecular weight is 429 g/mol. The van der Waals surface area contributed by atoms with Crippen molar-refractivity contribution in [2.75, 3.05) is 5.32 Å². The molecule has 4 aromatic rings. The van der Waals surface area contributed by atoms with Gasteiger partial charge in [-0.3, -0.25) is 10.1 Å².